The van der Waals surface area contributed by atoms with Gasteiger partial charge in [0.1, 0.15) is 11.4 Å². The molecule has 1 aliphatic heterocycles. The standard InChI is InChI=1S/C27H24N2O5S/c1-34-23-15-19(16-35(32,33)24-11-5-7-20-8-6-14-28-25(20)24)12-13-22(23)26(30)29-17-27(31,18-29)21-9-3-2-4-10-21/h2-15,31H,16-18H2,1H3. The lowest BCUT2D eigenvalue weighted by Gasteiger charge is -2.46. The van der Waals surface area contributed by atoms with Crippen molar-refractivity contribution >= 4 is 26.6 Å². The minimum Gasteiger partial charge on any atom is -0.496 e. The third kappa shape index (κ3) is 4.26. The van der Waals surface area contributed by atoms with Crippen LogP contribution in [0.25, 0.3) is 10.9 Å². The molecule has 1 aromatic heterocycles. The lowest BCUT2D eigenvalue weighted by atomic mass is 9.85. The van der Waals surface area contributed by atoms with Crippen LogP contribution >= 0.6 is 0 Å². The molecule has 0 unspecified atom stereocenters. The van der Waals surface area contributed by atoms with Crippen molar-refractivity contribution in [2.24, 2.45) is 0 Å². The molecule has 35 heavy (non-hydrogen) atoms. The summed E-state index contributed by atoms with van der Waals surface area (Å²) in [6.07, 6.45) is 1.57. The lowest BCUT2D eigenvalue weighted by Crippen LogP contribution is -2.61. The number of fused-ring (bicyclic) bond motifs is 1. The van der Waals surface area contributed by atoms with Crippen molar-refractivity contribution in [3.8, 4) is 5.75 Å². The highest BCUT2D eigenvalue weighted by Gasteiger charge is 2.45. The highest BCUT2D eigenvalue weighted by Crippen LogP contribution is 2.34. The first-order valence-electron chi connectivity index (χ1n) is 11.1. The zero-order chi connectivity index (χ0) is 24.6. The summed E-state index contributed by atoms with van der Waals surface area (Å²) in [4.78, 5) is 19.1. The van der Waals surface area contributed by atoms with Gasteiger partial charge in [-0.15, -0.1) is 0 Å². The number of nitrogens with zero attached hydrogens (tertiary/aromatic N) is 2. The lowest BCUT2D eigenvalue weighted by molar-refractivity contribution is -0.0864. The van der Waals surface area contributed by atoms with Crippen LogP contribution < -0.4 is 4.74 Å². The van der Waals surface area contributed by atoms with Crippen LogP contribution in [0.3, 0.4) is 0 Å². The van der Waals surface area contributed by atoms with Gasteiger partial charge in [-0.1, -0.05) is 54.6 Å². The molecular formula is C27H24N2O5S. The van der Waals surface area contributed by atoms with Gasteiger partial charge in [-0.25, -0.2) is 8.42 Å². The number of hydrogen-bond donors (Lipinski definition) is 1. The Morgan fingerprint density at radius 1 is 1.03 bits per heavy atom. The number of ether oxygens (including phenoxy) is 1. The van der Waals surface area contributed by atoms with Crippen molar-refractivity contribution in [2.75, 3.05) is 20.2 Å². The first kappa shape index (κ1) is 23.0. The van der Waals surface area contributed by atoms with E-state index in [0.29, 0.717) is 16.6 Å². The van der Waals surface area contributed by atoms with Crippen LogP contribution in [0, 0.1) is 0 Å². The number of β-amino-alcohol motifs (C(OH)–C–C–N with tert-alkyl or cyclic N) is 1. The predicted molar refractivity (Wildman–Crippen MR) is 132 cm³/mol. The molecule has 0 atom stereocenters. The summed E-state index contributed by atoms with van der Waals surface area (Å²) in [5.41, 5.74) is 0.924. The van der Waals surface area contributed by atoms with E-state index in [-0.39, 0.29) is 35.4 Å². The number of pyridine rings is 1. The molecule has 0 radical (unpaired) electrons. The second-order valence-electron chi connectivity index (χ2n) is 8.68. The molecule has 7 nitrogen and oxygen atoms in total. The third-order valence-electron chi connectivity index (χ3n) is 6.29. The van der Waals surface area contributed by atoms with Gasteiger partial charge in [-0.3, -0.25) is 9.78 Å². The minimum absolute atomic E-state index is 0.162. The summed E-state index contributed by atoms with van der Waals surface area (Å²) in [6.45, 7) is 0.340. The molecule has 3 aromatic carbocycles. The molecule has 8 heteroatoms. The fourth-order valence-electron chi connectivity index (χ4n) is 4.46. The smallest absolute Gasteiger partial charge is 0.257 e. The highest BCUT2D eigenvalue weighted by molar-refractivity contribution is 7.90. The number of carbonyl (C=O) groups excluding carboxylic acids is 1. The van der Waals surface area contributed by atoms with Crippen LogP contribution in [0.15, 0.2) is 90.0 Å². The number of hydrogen-bond acceptors (Lipinski definition) is 6. The average molecular weight is 489 g/mol. The monoisotopic (exact) mass is 488 g/mol. The normalized spacial score (nSPS) is 15.0. The number of methoxy groups -OCH3 is 1. The number of sulfone groups is 1. The fourth-order valence-corrected chi connectivity index (χ4v) is 5.98. The SMILES string of the molecule is COc1cc(CS(=O)(=O)c2cccc3cccnc23)ccc1C(=O)N1CC(O)(c2ccccc2)C1. The topological polar surface area (TPSA) is 96.8 Å². The second-order valence-corrected chi connectivity index (χ2v) is 10.6. The Balaban J connectivity index is 1.37. The average Bonchev–Trinajstić information content (AvgIpc) is 2.86. The number of aliphatic hydroxyl groups is 1. The first-order chi connectivity index (χ1) is 16.8. The van der Waals surface area contributed by atoms with Crippen molar-refractivity contribution in [1.82, 2.24) is 9.88 Å². The molecule has 1 amide bonds. The molecule has 2 heterocycles. The number of para-hydroxylation sites is 1. The predicted octanol–water partition coefficient (Wildman–Crippen LogP) is 3.56. The molecule has 0 spiro atoms. The molecule has 0 aliphatic carbocycles. The van der Waals surface area contributed by atoms with Crippen molar-refractivity contribution in [1.29, 1.82) is 0 Å². The Morgan fingerprint density at radius 3 is 2.51 bits per heavy atom. The molecule has 1 aliphatic rings. The summed E-state index contributed by atoms with van der Waals surface area (Å²) in [5, 5.41) is 11.6. The van der Waals surface area contributed by atoms with E-state index >= 15 is 0 Å². The van der Waals surface area contributed by atoms with E-state index in [4.69, 9.17) is 4.74 Å². The highest BCUT2D eigenvalue weighted by atomic mass is 32.2. The maximum absolute atomic E-state index is 13.2. The molecule has 4 aromatic rings. The van der Waals surface area contributed by atoms with Gasteiger partial charge in [0.2, 0.25) is 0 Å². The van der Waals surface area contributed by atoms with Crippen LogP contribution in [-0.2, 0) is 21.2 Å². The van der Waals surface area contributed by atoms with Crippen molar-refractivity contribution in [2.45, 2.75) is 16.2 Å². The number of benzene rings is 3. The van der Waals surface area contributed by atoms with E-state index in [9.17, 15) is 18.3 Å². The van der Waals surface area contributed by atoms with Crippen molar-refractivity contribution in [3.05, 3.63) is 102 Å². The van der Waals surface area contributed by atoms with Gasteiger partial charge in [0.05, 0.1) is 41.9 Å². The van der Waals surface area contributed by atoms with Gasteiger partial charge in [-0.05, 0) is 35.4 Å². The molecular weight excluding hydrogens is 464 g/mol. The van der Waals surface area contributed by atoms with E-state index in [1.54, 1.807) is 47.5 Å². The Labute approximate surface area is 203 Å². The van der Waals surface area contributed by atoms with Gasteiger partial charge in [0.25, 0.3) is 5.91 Å². The van der Waals surface area contributed by atoms with Gasteiger partial charge in [-0.2, -0.15) is 0 Å². The van der Waals surface area contributed by atoms with Gasteiger partial charge < -0.3 is 14.7 Å². The van der Waals surface area contributed by atoms with E-state index in [2.05, 4.69) is 4.98 Å². The summed E-state index contributed by atoms with van der Waals surface area (Å²) < 4.78 is 31.9. The summed E-state index contributed by atoms with van der Waals surface area (Å²) >= 11 is 0. The number of amides is 1. The zero-order valence-electron chi connectivity index (χ0n) is 19.1. The number of rotatable bonds is 6. The summed E-state index contributed by atoms with van der Waals surface area (Å²) in [6, 6.07) is 22.7. The van der Waals surface area contributed by atoms with Crippen LogP contribution in [0.1, 0.15) is 21.5 Å². The molecule has 5 rings (SSSR count). The Morgan fingerprint density at radius 2 is 1.77 bits per heavy atom. The Bertz CT molecular complexity index is 1510. The molecule has 1 fully saturated rings. The second kappa shape index (κ2) is 8.79. The Kier molecular flexibility index (Phi) is 5.78. The van der Waals surface area contributed by atoms with Crippen molar-refractivity contribution in [3.63, 3.8) is 0 Å². The molecule has 0 bridgehead atoms. The quantitative estimate of drug-likeness (QED) is 0.446. The van der Waals surface area contributed by atoms with E-state index in [0.717, 1.165) is 10.9 Å². The van der Waals surface area contributed by atoms with Crippen LogP contribution in [0.4, 0.5) is 0 Å². The number of carbonyl (C=O) groups is 1. The molecule has 0 saturated carbocycles. The van der Waals surface area contributed by atoms with Crippen LogP contribution in [-0.4, -0.2) is 49.5 Å². The molecule has 1 saturated heterocycles. The van der Waals surface area contributed by atoms with E-state index < -0.39 is 15.4 Å². The van der Waals surface area contributed by atoms with Gasteiger partial charge >= 0.3 is 0 Å². The summed E-state index contributed by atoms with van der Waals surface area (Å²) in [7, 11) is -2.26. The van der Waals surface area contributed by atoms with Crippen LogP contribution in [0.5, 0.6) is 5.75 Å². The maximum Gasteiger partial charge on any atom is 0.257 e. The minimum atomic E-state index is -3.70. The van der Waals surface area contributed by atoms with Gasteiger partial charge in [0, 0.05) is 11.6 Å². The molecule has 178 valence electrons. The number of aromatic nitrogens is 1. The fraction of sp³-hybridized carbons (Fsp3) is 0.185. The largest absolute Gasteiger partial charge is 0.496 e. The zero-order valence-corrected chi connectivity index (χ0v) is 19.9. The molecule has 1 N–H and O–H groups in total. The van der Waals surface area contributed by atoms with Crippen LogP contribution in [0.2, 0.25) is 0 Å². The van der Waals surface area contributed by atoms with E-state index in [1.807, 2.05) is 42.5 Å². The van der Waals surface area contributed by atoms with E-state index in [1.165, 1.54) is 7.11 Å². The van der Waals surface area contributed by atoms with Gasteiger partial charge in [0.15, 0.2) is 9.84 Å². The first-order valence-corrected chi connectivity index (χ1v) is 12.8. The van der Waals surface area contributed by atoms with Crippen molar-refractivity contribution < 1.29 is 23.1 Å². The Hall–Kier alpha value is -3.75. The maximum atomic E-state index is 13.2. The number of likely N-dealkylation sites (tertiary alicyclic amines) is 1. The third-order valence-corrected chi connectivity index (χ3v) is 8.00. The summed E-state index contributed by atoms with van der Waals surface area (Å²) in [5.74, 6) is -0.255.